The van der Waals surface area contributed by atoms with E-state index in [4.69, 9.17) is 9.15 Å². The third-order valence-electron chi connectivity index (χ3n) is 3.31. The van der Waals surface area contributed by atoms with Gasteiger partial charge in [0, 0.05) is 5.56 Å². The number of nitrogens with zero attached hydrogens (tertiary/aromatic N) is 1. The molecule has 0 N–H and O–H groups in total. The summed E-state index contributed by atoms with van der Waals surface area (Å²) < 4.78 is 11.1. The van der Waals surface area contributed by atoms with E-state index in [0.29, 0.717) is 0 Å². The Morgan fingerprint density at radius 2 is 1.90 bits per heavy atom. The molecule has 1 fully saturated rings. The molecule has 0 atom stereocenters. The molecule has 1 saturated heterocycles. The summed E-state index contributed by atoms with van der Waals surface area (Å²) in [5.74, 6) is 4.82. The van der Waals surface area contributed by atoms with Crippen molar-refractivity contribution in [2.45, 2.75) is 17.4 Å². The van der Waals surface area contributed by atoms with Gasteiger partial charge in [0.05, 0.1) is 13.3 Å². The van der Waals surface area contributed by atoms with E-state index < -0.39 is 0 Å². The quantitative estimate of drug-likeness (QED) is 0.840. The molecule has 1 aliphatic rings. The van der Waals surface area contributed by atoms with Crippen molar-refractivity contribution in [2.24, 2.45) is 0 Å². The van der Waals surface area contributed by atoms with Gasteiger partial charge in [-0.2, -0.15) is 0 Å². The minimum Gasteiger partial charge on any atom is -0.497 e. The van der Waals surface area contributed by atoms with Crippen molar-refractivity contribution in [2.75, 3.05) is 18.6 Å². The fourth-order valence-corrected chi connectivity index (χ4v) is 4.94. The number of ether oxygens (including phenoxy) is 1. The van der Waals surface area contributed by atoms with Gasteiger partial charge in [0.2, 0.25) is 5.89 Å². The Hall–Kier alpha value is -1.07. The van der Waals surface area contributed by atoms with Crippen LogP contribution in [-0.4, -0.2) is 23.6 Å². The van der Waals surface area contributed by atoms with Crippen LogP contribution >= 0.6 is 23.5 Å². The third kappa shape index (κ3) is 2.69. The summed E-state index contributed by atoms with van der Waals surface area (Å²) in [6.45, 7) is 2.20. The number of thioether (sulfide) groups is 2. The van der Waals surface area contributed by atoms with E-state index in [9.17, 15) is 0 Å². The number of hydrogen-bond acceptors (Lipinski definition) is 5. The fraction of sp³-hybridized carbons (Fsp3) is 0.400. The van der Waals surface area contributed by atoms with Crippen LogP contribution in [-0.2, 0) is 4.08 Å². The zero-order chi connectivity index (χ0) is 14.0. The topological polar surface area (TPSA) is 35.3 Å². The second-order valence-corrected chi connectivity index (χ2v) is 8.04. The molecule has 2 aromatic rings. The summed E-state index contributed by atoms with van der Waals surface area (Å²) in [4.78, 5) is 4.49. The first-order valence-corrected chi connectivity index (χ1v) is 8.57. The smallest absolute Gasteiger partial charge is 0.221 e. The van der Waals surface area contributed by atoms with E-state index in [0.717, 1.165) is 23.0 Å². The predicted molar refractivity (Wildman–Crippen MR) is 85.4 cm³/mol. The van der Waals surface area contributed by atoms with Gasteiger partial charge in [-0.25, -0.2) is 4.98 Å². The van der Waals surface area contributed by atoms with Crippen molar-refractivity contribution in [1.29, 1.82) is 0 Å². The number of benzene rings is 1. The van der Waals surface area contributed by atoms with E-state index in [1.807, 2.05) is 54.0 Å². The second kappa shape index (κ2) is 5.74. The fourth-order valence-electron chi connectivity index (χ4n) is 2.13. The first-order chi connectivity index (χ1) is 9.71. The summed E-state index contributed by atoms with van der Waals surface area (Å²) in [6.07, 6.45) is 3.08. The first kappa shape index (κ1) is 13.9. The molecule has 2 heterocycles. The molecule has 106 valence electrons. The molecule has 1 aromatic carbocycles. The maximum absolute atomic E-state index is 5.99. The maximum Gasteiger partial charge on any atom is 0.221 e. The van der Waals surface area contributed by atoms with Gasteiger partial charge in [-0.1, -0.05) is 0 Å². The number of hydrogen-bond donors (Lipinski definition) is 0. The molecule has 0 radical (unpaired) electrons. The lowest BCUT2D eigenvalue weighted by molar-refractivity contribution is 0.415. The Balaban J connectivity index is 1.85. The molecule has 0 aliphatic carbocycles. The van der Waals surface area contributed by atoms with Crippen molar-refractivity contribution < 1.29 is 9.15 Å². The molecule has 1 aromatic heterocycles. The average molecular weight is 307 g/mol. The molecule has 1 aliphatic heterocycles. The molecular weight excluding hydrogens is 290 g/mol. The molecule has 0 unspecified atom stereocenters. The molecule has 20 heavy (non-hydrogen) atoms. The van der Waals surface area contributed by atoms with Crippen LogP contribution in [0.2, 0.25) is 0 Å². The highest BCUT2D eigenvalue weighted by molar-refractivity contribution is 8.18. The Bertz CT molecular complexity index is 574. The average Bonchev–Trinajstić information content (AvgIpc) is 2.99. The molecule has 3 nitrogen and oxygen atoms in total. The predicted octanol–water partition coefficient (Wildman–Crippen LogP) is 4.39. The lowest BCUT2D eigenvalue weighted by atomic mass is 10.2. The molecule has 0 spiro atoms. The summed E-state index contributed by atoms with van der Waals surface area (Å²) in [7, 11) is 1.67. The molecule has 5 heteroatoms. The lowest BCUT2D eigenvalue weighted by Gasteiger charge is -2.28. The van der Waals surface area contributed by atoms with Crippen LogP contribution < -0.4 is 4.74 Å². The minimum absolute atomic E-state index is 0.0526. The molecule has 0 amide bonds. The van der Waals surface area contributed by atoms with Crippen molar-refractivity contribution in [3.8, 4) is 17.1 Å². The lowest BCUT2D eigenvalue weighted by Crippen LogP contribution is -2.18. The van der Waals surface area contributed by atoms with Crippen molar-refractivity contribution in [3.63, 3.8) is 0 Å². The van der Waals surface area contributed by atoms with Gasteiger partial charge in [-0.15, -0.1) is 23.5 Å². The molecular formula is C15H17NO2S2. The van der Waals surface area contributed by atoms with Gasteiger partial charge < -0.3 is 9.15 Å². The van der Waals surface area contributed by atoms with Gasteiger partial charge in [-0.3, -0.25) is 0 Å². The highest BCUT2D eigenvalue weighted by Gasteiger charge is 2.35. The normalized spacial score (nSPS) is 17.9. The number of methoxy groups -OCH3 is 1. The summed E-state index contributed by atoms with van der Waals surface area (Å²) in [5.41, 5.74) is 1.03. The molecule has 0 bridgehead atoms. The van der Waals surface area contributed by atoms with Gasteiger partial charge >= 0.3 is 0 Å². The highest BCUT2D eigenvalue weighted by atomic mass is 32.2. The summed E-state index contributed by atoms with van der Waals surface area (Å²) in [5, 5.41) is 0. The standard InChI is InChI=1S/C15H17NO2S2/c1-15(19-8-3-9-20-15)14-16-10-13(18-14)11-4-6-12(17-2)7-5-11/h4-7,10H,3,8-9H2,1-2H3. The zero-order valence-electron chi connectivity index (χ0n) is 11.6. The number of aromatic nitrogens is 1. The minimum atomic E-state index is -0.0526. The van der Waals surface area contributed by atoms with Crippen LogP contribution in [0.15, 0.2) is 34.9 Å². The molecule has 3 rings (SSSR count). The maximum atomic E-state index is 5.99. The van der Waals surface area contributed by atoms with Crippen molar-refractivity contribution >= 4 is 23.5 Å². The third-order valence-corrected chi connectivity index (χ3v) is 6.46. The van der Waals surface area contributed by atoms with Crippen LogP contribution in [0, 0.1) is 0 Å². The Morgan fingerprint density at radius 1 is 1.20 bits per heavy atom. The Labute approximate surface area is 127 Å². The van der Waals surface area contributed by atoms with Crippen molar-refractivity contribution in [1.82, 2.24) is 4.98 Å². The van der Waals surface area contributed by atoms with Crippen LogP contribution in [0.5, 0.6) is 5.75 Å². The number of rotatable bonds is 3. The SMILES string of the molecule is COc1ccc(-c2cnc(C3(C)SCCCS3)o2)cc1. The monoisotopic (exact) mass is 307 g/mol. The first-order valence-electron chi connectivity index (χ1n) is 6.60. The van der Waals surface area contributed by atoms with E-state index >= 15 is 0 Å². The zero-order valence-corrected chi connectivity index (χ0v) is 13.2. The summed E-state index contributed by atoms with van der Waals surface area (Å²) in [6, 6.07) is 7.85. The van der Waals surface area contributed by atoms with Gasteiger partial charge in [0.15, 0.2) is 5.76 Å². The molecule has 0 saturated carbocycles. The van der Waals surface area contributed by atoms with Crippen LogP contribution in [0.4, 0.5) is 0 Å². The van der Waals surface area contributed by atoms with E-state index in [1.54, 1.807) is 7.11 Å². The Morgan fingerprint density at radius 3 is 2.55 bits per heavy atom. The summed E-state index contributed by atoms with van der Waals surface area (Å²) >= 11 is 3.84. The van der Waals surface area contributed by atoms with E-state index in [1.165, 1.54) is 17.9 Å². The van der Waals surface area contributed by atoms with E-state index in [-0.39, 0.29) is 4.08 Å². The van der Waals surface area contributed by atoms with Crippen molar-refractivity contribution in [3.05, 3.63) is 36.4 Å². The van der Waals surface area contributed by atoms with Crippen LogP contribution in [0.25, 0.3) is 11.3 Å². The number of oxazole rings is 1. The van der Waals surface area contributed by atoms with Gasteiger partial charge in [0.25, 0.3) is 0 Å². The van der Waals surface area contributed by atoms with Gasteiger partial charge in [0.1, 0.15) is 9.83 Å². The second-order valence-electron chi connectivity index (χ2n) is 4.75. The largest absolute Gasteiger partial charge is 0.497 e. The van der Waals surface area contributed by atoms with Gasteiger partial charge in [-0.05, 0) is 49.1 Å². The van der Waals surface area contributed by atoms with E-state index in [2.05, 4.69) is 11.9 Å². The van der Waals surface area contributed by atoms with Crippen LogP contribution in [0.1, 0.15) is 19.2 Å². The Kier molecular flexibility index (Phi) is 3.98. The van der Waals surface area contributed by atoms with Crippen LogP contribution in [0.3, 0.4) is 0 Å². The highest BCUT2D eigenvalue weighted by Crippen LogP contribution is 2.49.